The van der Waals surface area contributed by atoms with E-state index in [4.69, 9.17) is 5.11 Å². The van der Waals surface area contributed by atoms with Crippen molar-refractivity contribution < 1.29 is 15.0 Å². The Morgan fingerprint density at radius 1 is 1.42 bits per heavy atom. The molecule has 1 rings (SSSR count). The maximum atomic E-state index is 10.2. The molecule has 0 aromatic rings. The van der Waals surface area contributed by atoms with Crippen molar-refractivity contribution >= 4 is 5.97 Å². The topological polar surface area (TPSA) is 57.5 Å². The molecule has 70 valence electrons. The first-order chi connectivity index (χ1) is 5.70. The van der Waals surface area contributed by atoms with Crippen molar-refractivity contribution in [1.82, 2.24) is 0 Å². The fourth-order valence-corrected chi connectivity index (χ4v) is 1.87. The van der Waals surface area contributed by atoms with E-state index < -0.39 is 5.97 Å². The van der Waals surface area contributed by atoms with Crippen molar-refractivity contribution in [3.05, 3.63) is 0 Å². The Kier molecular flexibility index (Phi) is 3.53. The molecule has 0 amide bonds. The number of hydrogen-bond acceptors (Lipinski definition) is 2. The van der Waals surface area contributed by atoms with Gasteiger partial charge >= 0.3 is 5.97 Å². The van der Waals surface area contributed by atoms with E-state index in [0.717, 1.165) is 25.7 Å². The average molecular weight is 172 g/mol. The van der Waals surface area contributed by atoms with E-state index in [1.165, 1.54) is 0 Å². The molecule has 2 unspecified atom stereocenters. The molecule has 3 nitrogen and oxygen atoms in total. The van der Waals surface area contributed by atoms with Crippen molar-refractivity contribution in [3.8, 4) is 0 Å². The van der Waals surface area contributed by atoms with Crippen LogP contribution in [-0.4, -0.2) is 22.3 Å². The summed E-state index contributed by atoms with van der Waals surface area (Å²) in [4.78, 5) is 10.2. The molecule has 1 fully saturated rings. The van der Waals surface area contributed by atoms with E-state index in [-0.39, 0.29) is 12.5 Å². The Morgan fingerprint density at radius 3 is 2.67 bits per heavy atom. The van der Waals surface area contributed by atoms with Crippen molar-refractivity contribution in [3.63, 3.8) is 0 Å². The second-order valence-corrected chi connectivity index (χ2v) is 3.54. The summed E-state index contributed by atoms with van der Waals surface area (Å²) in [5.41, 5.74) is 0. The van der Waals surface area contributed by atoms with Crippen LogP contribution in [0.15, 0.2) is 0 Å². The predicted octanol–water partition coefficient (Wildman–Crippen LogP) is 1.40. The average Bonchev–Trinajstić information content (AvgIpc) is 2.36. The zero-order valence-corrected chi connectivity index (χ0v) is 7.20. The molecule has 0 aromatic heterocycles. The standard InChI is InChI=1S/C9H16O3/c10-8-5-1-3-7(8)4-2-6-9(11)12/h7-8,10H,1-6H2,(H,11,12). The van der Waals surface area contributed by atoms with Crippen molar-refractivity contribution in [1.29, 1.82) is 0 Å². The quantitative estimate of drug-likeness (QED) is 0.674. The first-order valence-electron chi connectivity index (χ1n) is 4.60. The minimum atomic E-state index is -0.734. The fourth-order valence-electron chi connectivity index (χ4n) is 1.87. The lowest BCUT2D eigenvalue weighted by Gasteiger charge is -2.12. The third-order valence-corrected chi connectivity index (χ3v) is 2.58. The van der Waals surface area contributed by atoms with E-state index in [0.29, 0.717) is 12.3 Å². The molecule has 0 bridgehead atoms. The number of hydrogen-bond donors (Lipinski definition) is 2. The summed E-state index contributed by atoms with van der Waals surface area (Å²) in [6, 6.07) is 0. The number of carbonyl (C=O) groups is 1. The van der Waals surface area contributed by atoms with E-state index in [1.54, 1.807) is 0 Å². The molecule has 0 aliphatic heterocycles. The molecule has 1 aliphatic carbocycles. The number of aliphatic hydroxyl groups excluding tert-OH is 1. The lowest BCUT2D eigenvalue weighted by molar-refractivity contribution is -0.137. The maximum absolute atomic E-state index is 10.2. The van der Waals surface area contributed by atoms with E-state index in [1.807, 2.05) is 0 Å². The largest absolute Gasteiger partial charge is 0.481 e. The summed E-state index contributed by atoms with van der Waals surface area (Å²) >= 11 is 0. The Bertz CT molecular complexity index is 156. The molecule has 0 heterocycles. The second-order valence-electron chi connectivity index (χ2n) is 3.54. The van der Waals surface area contributed by atoms with Crippen molar-refractivity contribution in [2.75, 3.05) is 0 Å². The first-order valence-corrected chi connectivity index (χ1v) is 4.60. The minimum absolute atomic E-state index is 0.168. The smallest absolute Gasteiger partial charge is 0.303 e. The maximum Gasteiger partial charge on any atom is 0.303 e. The molecule has 0 spiro atoms. The fraction of sp³-hybridized carbons (Fsp3) is 0.889. The summed E-state index contributed by atoms with van der Waals surface area (Å²) in [6.45, 7) is 0. The molecule has 1 aliphatic rings. The second kappa shape index (κ2) is 4.45. The van der Waals surface area contributed by atoms with Gasteiger partial charge in [0, 0.05) is 6.42 Å². The molecule has 0 radical (unpaired) electrons. The molecule has 0 aromatic carbocycles. The molecule has 2 N–H and O–H groups in total. The van der Waals surface area contributed by atoms with E-state index in [9.17, 15) is 9.90 Å². The monoisotopic (exact) mass is 172 g/mol. The van der Waals surface area contributed by atoms with Gasteiger partial charge in [-0.1, -0.05) is 6.42 Å². The number of aliphatic carboxylic acids is 1. The number of carboxylic acids is 1. The summed E-state index contributed by atoms with van der Waals surface area (Å²) in [5, 5.41) is 17.8. The highest BCUT2D eigenvalue weighted by Crippen LogP contribution is 2.29. The molecule has 1 saturated carbocycles. The highest BCUT2D eigenvalue weighted by molar-refractivity contribution is 5.66. The summed E-state index contributed by atoms with van der Waals surface area (Å²) in [5.74, 6) is -0.369. The zero-order chi connectivity index (χ0) is 8.97. The van der Waals surface area contributed by atoms with Crippen LogP contribution in [-0.2, 0) is 4.79 Å². The summed E-state index contributed by atoms with van der Waals surface area (Å²) < 4.78 is 0. The van der Waals surface area contributed by atoms with E-state index in [2.05, 4.69) is 0 Å². The van der Waals surface area contributed by atoms with Crippen molar-refractivity contribution in [2.45, 2.75) is 44.6 Å². The van der Waals surface area contributed by atoms with Crippen LogP contribution in [0.5, 0.6) is 0 Å². The minimum Gasteiger partial charge on any atom is -0.481 e. The molecular weight excluding hydrogens is 156 g/mol. The Balaban J connectivity index is 2.10. The molecular formula is C9H16O3. The van der Waals surface area contributed by atoms with Crippen LogP contribution in [0.2, 0.25) is 0 Å². The lowest BCUT2D eigenvalue weighted by Crippen LogP contribution is -2.13. The predicted molar refractivity (Wildman–Crippen MR) is 44.8 cm³/mol. The van der Waals surface area contributed by atoms with Crippen LogP contribution in [0.1, 0.15) is 38.5 Å². The summed E-state index contributed by atoms with van der Waals surface area (Å²) in [6.07, 6.45) is 4.71. The highest BCUT2D eigenvalue weighted by atomic mass is 16.4. The van der Waals surface area contributed by atoms with Gasteiger partial charge in [0.25, 0.3) is 0 Å². The van der Waals surface area contributed by atoms with Crippen LogP contribution in [0.25, 0.3) is 0 Å². The molecule has 3 heteroatoms. The number of carboxylic acid groups (broad SMARTS) is 1. The van der Waals surface area contributed by atoms with Gasteiger partial charge in [-0.05, 0) is 31.6 Å². The van der Waals surface area contributed by atoms with Gasteiger partial charge in [0.1, 0.15) is 0 Å². The highest BCUT2D eigenvalue weighted by Gasteiger charge is 2.24. The van der Waals surface area contributed by atoms with E-state index >= 15 is 0 Å². The van der Waals surface area contributed by atoms with Gasteiger partial charge in [0.05, 0.1) is 6.10 Å². The van der Waals surface area contributed by atoms with Gasteiger partial charge in [-0.3, -0.25) is 4.79 Å². The number of aliphatic hydroxyl groups is 1. The van der Waals surface area contributed by atoms with Gasteiger partial charge in [-0.15, -0.1) is 0 Å². The van der Waals surface area contributed by atoms with Crippen LogP contribution in [0.3, 0.4) is 0 Å². The molecule has 0 saturated heterocycles. The van der Waals surface area contributed by atoms with Gasteiger partial charge in [0.15, 0.2) is 0 Å². The third kappa shape index (κ3) is 2.81. The number of rotatable bonds is 4. The Labute approximate surface area is 72.4 Å². The van der Waals surface area contributed by atoms with Gasteiger partial charge in [-0.2, -0.15) is 0 Å². The van der Waals surface area contributed by atoms with Crippen LogP contribution in [0, 0.1) is 5.92 Å². The van der Waals surface area contributed by atoms with Gasteiger partial charge < -0.3 is 10.2 Å². The van der Waals surface area contributed by atoms with Crippen LogP contribution < -0.4 is 0 Å². The molecule has 12 heavy (non-hydrogen) atoms. The van der Waals surface area contributed by atoms with Gasteiger partial charge in [-0.25, -0.2) is 0 Å². The first kappa shape index (κ1) is 9.52. The van der Waals surface area contributed by atoms with Crippen LogP contribution in [0.4, 0.5) is 0 Å². The van der Waals surface area contributed by atoms with Crippen molar-refractivity contribution in [2.24, 2.45) is 5.92 Å². The Hall–Kier alpha value is -0.570. The molecule has 2 atom stereocenters. The van der Waals surface area contributed by atoms with Gasteiger partial charge in [0.2, 0.25) is 0 Å². The zero-order valence-electron chi connectivity index (χ0n) is 7.20. The normalized spacial score (nSPS) is 29.1. The summed E-state index contributed by atoms with van der Waals surface area (Å²) in [7, 11) is 0. The SMILES string of the molecule is O=C(O)CCCC1CCCC1O. The Morgan fingerprint density at radius 2 is 2.17 bits per heavy atom. The lowest BCUT2D eigenvalue weighted by atomic mass is 9.99. The van der Waals surface area contributed by atoms with Crippen LogP contribution >= 0.6 is 0 Å². The third-order valence-electron chi connectivity index (χ3n) is 2.58.